The van der Waals surface area contributed by atoms with Crippen molar-refractivity contribution in [3.63, 3.8) is 0 Å². The molecule has 1 unspecified atom stereocenters. The van der Waals surface area contributed by atoms with Crippen LogP contribution in [-0.2, 0) is 16.1 Å². The minimum Gasteiger partial charge on any atom is -0.481 e. The number of nitrogens with zero attached hydrogens (tertiary/aromatic N) is 1. The number of aliphatic carboxylic acids is 1. The predicted octanol–water partition coefficient (Wildman–Crippen LogP) is 3.94. The lowest BCUT2D eigenvalue weighted by atomic mass is 9.98. The lowest BCUT2D eigenvalue weighted by molar-refractivity contribution is -0.141. The lowest BCUT2D eigenvalue weighted by Crippen LogP contribution is -2.29. The van der Waals surface area contributed by atoms with E-state index in [4.69, 9.17) is 14.3 Å². The molecule has 0 radical (unpaired) electrons. The summed E-state index contributed by atoms with van der Waals surface area (Å²) in [4.78, 5) is 39.6. The van der Waals surface area contributed by atoms with Crippen molar-refractivity contribution in [3.05, 3.63) is 77.5 Å². The molecule has 0 saturated carbocycles. The molecule has 2 amide bonds. The molecule has 4 rings (SSSR count). The van der Waals surface area contributed by atoms with Crippen LogP contribution in [0.25, 0.3) is 11.1 Å². The van der Waals surface area contributed by atoms with Crippen molar-refractivity contribution in [2.24, 2.45) is 5.92 Å². The first-order valence-electron chi connectivity index (χ1n) is 11.5. The topological polar surface area (TPSA) is 131 Å². The number of alkyl carbamates (subject to hydrolysis) is 1. The fourth-order valence-corrected chi connectivity index (χ4v) is 4.20. The average molecular weight is 478 g/mol. The second-order valence-electron chi connectivity index (χ2n) is 8.44. The van der Waals surface area contributed by atoms with E-state index < -0.39 is 23.9 Å². The maximum Gasteiger partial charge on any atom is 0.407 e. The molecule has 35 heavy (non-hydrogen) atoms. The number of rotatable bonds is 10. The van der Waals surface area contributed by atoms with Crippen molar-refractivity contribution in [1.29, 1.82) is 0 Å². The average Bonchev–Trinajstić information content (AvgIpc) is 3.46. The van der Waals surface area contributed by atoms with Crippen molar-refractivity contribution < 1.29 is 28.6 Å². The number of carboxylic acids is 1. The molecule has 0 saturated heterocycles. The summed E-state index contributed by atoms with van der Waals surface area (Å²) < 4.78 is 10.8. The monoisotopic (exact) mass is 477 g/mol. The number of carbonyl (C=O) groups excluding carboxylic acids is 2. The molecule has 0 aliphatic heterocycles. The van der Waals surface area contributed by atoms with Crippen molar-refractivity contribution in [3.8, 4) is 11.1 Å². The Balaban J connectivity index is 1.27. The molecule has 2 aromatic carbocycles. The van der Waals surface area contributed by atoms with E-state index in [1.54, 1.807) is 6.92 Å². The zero-order valence-electron chi connectivity index (χ0n) is 19.3. The molecule has 0 fully saturated rings. The van der Waals surface area contributed by atoms with Crippen molar-refractivity contribution in [1.82, 2.24) is 15.6 Å². The van der Waals surface area contributed by atoms with E-state index in [2.05, 4.69) is 27.8 Å². The largest absolute Gasteiger partial charge is 0.481 e. The normalized spacial score (nSPS) is 12.9. The molecule has 1 heterocycles. The zero-order valence-corrected chi connectivity index (χ0v) is 19.3. The van der Waals surface area contributed by atoms with Crippen LogP contribution in [0.3, 0.4) is 0 Å². The highest BCUT2D eigenvalue weighted by molar-refractivity contribution is 5.93. The lowest BCUT2D eigenvalue weighted by Gasteiger charge is -2.14. The Morgan fingerprint density at radius 3 is 2.37 bits per heavy atom. The van der Waals surface area contributed by atoms with Crippen LogP contribution >= 0.6 is 0 Å². The van der Waals surface area contributed by atoms with Gasteiger partial charge in [-0.1, -0.05) is 55.5 Å². The van der Waals surface area contributed by atoms with E-state index in [-0.39, 0.29) is 30.5 Å². The molecule has 1 aliphatic rings. The third-order valence-electron chi connectivity index (χ3n) is 6.11. The molecule has 0 spiro atoms. The van der Waals surface area contributed by atoms with Crippen LogP contribution in [-0.4, -0.2) is 41.2 Å². The Morgan fingerprint density at radius 2 is 1.71 bits per heavy atom. The zero-order chi connectivity index (χ0) is 24.8. The Bertz CT molecular complexity index is 1180. The molecular weight excluding hydrogens is 450 g/mol. The third-order valence-corrected chi connectivity index (χ3v) is 6.11. The SMILES string of the molecule is CC(CCCNC(=O)c1ncoc1CNC(=O)OCC1c2ccccc2-c2ccccc21)C(=O)O. The Hall–Kier alpha value is -4.14. The molecule has 182 valence electrons. The van der Waals surface area contributed by atoms with E-state index in [9.17, 15) is 14.4 Å². The summed E-state index contributed by atoms with van der Waals surface area (Å²) in [6, 6.07) is 16.2. The molecule has 0 bridgehead atoms. The number of fused-ring (bicyclic) bond motifs is 3. The Kier molecular flexibility index (Phi) is 7.45. The van der Waals surface area contributed by atoms with Gasteiger partial charge in [0, 0.05) is 12.5 Å². The minimum atomic E-state index is -0.866. The Labute approximate surface area is 202 Å². The van der Waals surface area contributed by atoms with Gasteiger partial charge < -0.3 is 24.9 Å². The minimum absolute atomic E-state index is 0.0522. The summed E-state index contributed by atoms with van der Waals surface area (Å²) in [5, 5.41) is 14.2. The summed E-state index contributed by atoms with van der Waals surface area (Å²) in [6.45, 7) is 2.05. The first-order valence-corrected chi connectivity index (χ1v) is 11.5. The maximum absolute atomic E-state index is 12.4. The second kappa shape index (κ2) is 10.9. The van der Waals surface area contributed by atoms with E-state index in [0.717, 1.165) is 28.6 Å². The first kappa shape index (κ1) is 24.0. The molecule has 3 N–H and O–H groups in total. The molecular formula is C26H27N3O6. The number of nitrogens with one attached hydrogen (secondary N) is 2. The first-order chi connectivity index (χ1) is 17.0. The molecule has 3 aromatic rings. The van der Waals surface area contributed by atoms with Crippen molar-refractivity contribution in [2.75, 3.05) is 13.2 Å². The van der Waals surface area contributed by atoms with Gasteiger partial charge in [0.2, 0.25) is 0 Å². The Morgan fingerprint density at radius 1 is 1.06 bits per heavy atom. The molecule has 1 aromatic heterocycles. The van der Waals surface area contributed by atoms with Crippen LogP contribution in [0.2, 0.25) is 0 Å². The molecule has 1 atom stereocenters. The summed E-state index contributed by atoms with van der Waals surface area (Å²) in [5.41, 5.74) is 4.59. The van der Waals surface area contributed by atoms with Crippen LogP contribution in [0, 0.1) is 5.92 Å². The maximum atomic E-state index is 12.4. The van der Waals surface area contributed by atoms with Crippen LogP contribution in [0.4, 0.5) is 4.79 Å². The smallest absolute Gasteiger partial charge is 0.407 e. The van der Waals surface area contributed by atoms with Gasteiger partial charge in [0.25, 0.3) is 5.91 Å². The quantitative estimate of drug-likeness (QED) is 0.377. The number of oxazole rings is 1. The number of hydrogen-bond acceptors (Lipinski definition) is 6. The van der Waals surface area contributed by atoms with Gasteiger partial charge in [-0.25, -0.2) is 9.78 Å². The standard InChI is InChI=1S/C26H27N3O6/c1-16(25(31)32)7-6-12-27-24(30)23-22(35-15-29-23)13-28-26(33)34-14-21-19-10-4-2-8-17(19)18-9-3-5-11-20(18)21/h2-5,8-11,15-16,21H,6-7,12-14H2,1H3,(H,27,30)(H,28,33)(H,31,32). The highest BCUT2D eigenvalue weighted by Crippen LogP contribution is 2.44. The van der Waals surface area contributed by atoms with Crippen LogP contribution in [0.1, 0.15) is 53.1 Å². The summed E-state index contributed by atoms with van der Waals surface area (Å²) in [5.74, 6) is -1.64. The van der Waals surface area contributed by atoms with Gasteiger partial charge in [0.15, 0.2) is 17.8 Å². The summed E-state index contributed by atoms with van der Waals surface area (Å²) in [6.07, 6.45) is 1.47. The molecule has 9 nitrogen and oxygen atoms in total. The van der Waals surface area contributed by atoms with Gasteiger partial charge in [-0.15, -0.1) is 0 Å². The van der Waals surface area contributed by atoms with Gasteiger partial charge in [-0.05, 0) is 35.1 Å². The highest BCUT2D eigenvalue weighted by atomic mass is 16.5. The van der Waals surface area contributed by atoms with Crippen LogP contribution in [0.15, 0.2) is 59.3 Å². The molecule has 9 heteroatoms. The van der Waals surface area contributed by atoms with Crippen LogP contribution < -0.4 is 10.6 Å². The van der Waals surface area contributed by atoms with Gasteiger partial charge >= 0.3 is 12.1 Å². The predicted molar refractivity (Wildman–Crippen MR) is 127 cm³/mol. The number of hydrogen-bond donors (Lipinski definition) is 3. The van der Waals surface area contributed by atoms with E-state index in [1.807, 2.05) is 36.4 Å². The van der Waals surface area contributed by atoms with Crippen molar-refractivity contribution >= 4 is 18.0 Å². The third kappa shape index (κ3) is 5.51. The summed E-state index contributed by atoms with van der Waals surface area (Å²) in [7, 11) is 0. The number of benzene rings is 2. The molecule has 1 aliphatic carbocycles. The van der Waals surface area contributed by atoms with E-state index in [1.165, 1.54) is 0 Å². The fourth-order valence-electron chi connectivity index (χ4n) is 4.20. The number of amides is 2. The van der Waals surface area contributed by atoms with Gasteiger partial charge in [-0.2, -0.15) is 0 Å². The number of carboxylic acid groups (broad SMARTS) is 1. The number of carbonyl (C=O) groups is 3. The summed E-state index contributed by atoms with van der Waals surface area (Å²) >= 11 is 0. The number of ether oxygens (including phenoxy) is 1. The van der Waals surface area contributed by atoms with Crippen LogP contribution in [0.5, 0.6) is 0 Å². The highest BCUT2D eigenvalue weighted by Gasteiger charge is 2.29. The van der Waals surface area contributed by atoms with Gasteiger partial charge in [0.05, 0.1) is 12.5 Å². The van der Waals surface area contributed by atoms with E-state index >= 15 is 0 Å². The van der Waals surface area contributed by atoms with Gasteiger partial charge in [-0.3, -0.25) is 9.59 Å². The second-order valence-corrected chi connectivity index (χ2v) is 8.44. The van der Waals surface area contributed by atoms with Crippen molar-refractivity contribution in [2.45, 2.75) is 32.2 Å². The van der Waals surface area contributed by atoms with Gasteiger partial charge in [0.1, 0.15) is 6.61 Å². The fraction of sp³-hybridized carbons (Fsp3) is 0.308. The van der Waals surface area contributed by atoms with E-state index in [0.29, 0.717) is 19.4 Å². The number of aromatic nitrogens is 1.